The van der Waals surface area contributed by atoms with Gasteiger partial charge in [0.05, 0.1) is 0 Å². The van der Waals surface area contributed by atoms with E-state index < -0.39 is 11.2 Å². The molecule has 0 amide bonds. The third kappa shape index (κ3) is 1.76. The second-order valence-corrected chi connectivity index (χ2v) is 9.78. The molecule has 0 saturated heterocycles. The third-order valence-electron chi connectivity index (χ3n) is 8.27. The van der Waals surface area contributed by atoms with Gasteiger partial charge in [-0.05, 0) is 62.1 Å². The number of fused-ring (bicyclic) bond motifs is 6. The molecule has 2 unspecified atom stereocenters. The van der Waals surface area contributed by atoms with Crippen molar-refractivity contribution in [3.8, 4) is 17.2 Å². The molecule has 0 fully saturated rings. The molecule has 0 spiro atoms. The van der Waals surface area contributed by atoms with Crippen molar-refractivity contribution in [1.29, 1.82) is 0 Å². The standard InChI is InChI=1S/C32H18O3/c33-21-13-14-23-20(17-21)12-16-27-30(23)31-24-9-3-6-19-7-4-10-25(28(19)24)32(31,35-27)34-26-15-11-18-5-1-2-8-22(18)29(26)31/h1-17,33H. The van der Waals surface area contributed by atoms with Gasteiger partial charge in [-0.25, -0.2) is 0 Å². The van der Waals surface area contributed by atoms with Crippen molar-refractivity contribution in [2.24, 2.45) is 0 Å². The summed E-state index contributed by atoms with van der Waals surface area (Å²) in [6.07, 6.45) is 0. The minimum atomic E-state index is -1.03. The van der Waals surface area contributed by atoms with Crippen molar-refractivity contribution in [1.82, 2.24) is 0 Å². The maximum Gasteiger partial charge on any atom is 0.296 e. The van der Waals surface area contributed by atoms with E-state index in [1.54, 1.807) is 6.07 Å². The molecule has 3 heteroatoms. The van der Waals surface area contributed by atoms with E-state index in [0.29, 0.717) is 0 Å². The molecular weight excluding hydrogens is 432 g/mol. The van der Waals surface area contributed by atoms with Gasteiger partial charge in [-0.15, -0.1) is 0 Å². The molecule has 164 valence electrons. The summed E-state index contributed by atoms with van der Waals surface area (Å²) in [5.41, 5.74) is 3.85. The number of aromatic hydroxyl groups is 1. The van der Waals surface area contributed by atoms with Crippen LogP contribution in [-0.4, -0.2) is 5.11 Å². The Morgan fingerprint density at radius 1 is 0.543 bits per heavy atom. The van der Waals surface area contributed by atoms with Gasteiger partial charge in [0.1, 0.15) is 22.7 Å². The monoisotopic (exact) mass is 450 g/mol. The van der Waals surface area contributed by atoms with E-state index in [9.17, 15) is 5.11 Å². The number of ether oxygens (including phenoxy) is 2. The Bertz CT molecular complexity index is 1930. The van der Waals surface area contributed by atoms with Crippen molar-refractivity contribution >= 4 is 32.3 Å². The van der Waals surface area contributed by atoms with E-state index in [1.807, 2.05) is 24.3 Å². The lowest BCUT2D eigenvalue weighted by atomic mass is 9.66. The van der Waals surface area contributed by atoms with E-state index in [4.69, 9.17) is 9.47 Å². The van der Waals surface area contributed by atoms with Gasteiger partial charge < -0.3 is 14.6 Å². The van der Waals surface area contributed by atoms with Crippen LogP contribution in [0.3, 0.4) is 0 Å². The SMILES string of the molecule is Oc1ccc2c3c(ccc2c1)OC12Oc4ccc5ccccc5c4C31c1cccc3cccc2c13. The zero-order valence-corrected chi connectivity index (χ0v) is 18.6. The molecule has 1 aliphatic carbocycles. The van der Waals surface area contributed by atoms with Gasteiger partial charge in [0.15, 0.2) is 0 Å². The predicted octanol–water partition coefficient (Wildman–Crippen LogP) is 7.14. The molecule has 2 atom stereocenters. The first-order valence-corrected chi connectivity index (χ1v) is 11.9. The Hall–Kier alpha value is -4.50. The van der Waals surface area contributed by atoms with E-state index in [2.05, 4.69) is 72.8 Å². The Labute approximate surface area is 200 Å². The fourth-order valence-electron chi connectivity index (χ4n) is 7.12. The van der Waals surface area contributed by atoms with Crippen molar-refractivity contribution in [2.45, 2.75) is 11.2 Å². The lowest BCUT2D eigenvalue weighted by Crippen LogP contribution is -2.47. The summed E-state index contributed by atoms with van der Waals surface area (Å²) >= 11 is 0. The maximum atomic E-state index is 10.3. The van der Waals surface area contributed by atoms with Crippen LogP contribution >= 0.6 is 0 Å². The number of hydrogen-bond acceptors (Lipinski definition) is 3. The number of phenols is 1. The minimum Gasteiger partial charge on any atom is -0.508 e. The van der Waals surface area contributed by atoms with Gasteiger partial charge in [0.2, 0.25) is 0 Å². The molecule has 2 heterocycles. The highest BCUT2D eigenvalue weighted by Crippen LogP contribution is 2.73. The first-order valence-electron chi connectivity index (χ1n) is 11.9. The average molecular weight is 450 g/mol. The third-order valence-corrected chi connectivity index (χ3v) is 8.27. The van der Waals surface area contributed by atoms with E-state index >= 15 is 0 Å². The first kappa shape index (κ1) is 17.9. The highest BCUT2D eigenvalue weighted by atomic mass is 16.7. The number of phenolic OH excluding ortho intramolecular Hbond substituents is 1. The van der Waals surface area contributed by atoms with Gasteiger partial charge in [0, 0.05) is 16.7 Å². The highest BCUT2D eigenvalue weighted by molar-refractivity contribution is 6.04. The normalized spacial score (nSPS) is 22.5. The molecule has 35 heavy (non-hydrogen) atoms. The Morgan fingerprint density at radius 2 is 1.20 bits per heavy atom. The first-order chi connectivity index (χ1) is 17.2. The smallest absolute Gasteiger partial charge is 0.296 e. The second kappa shape index (κ2) is 5.59. The van der Waals surface area contributed by atoms with Gasteiger partial charge in [-0.3, -0.25) is 0 Å². The van der Waals surface area contributed by atoms with Crippen LogP contribution in [-0.2, 0) is 11.2 Å². The van der Waals surface area contributed by atoms with Crippen LogP contribution in [0.25, 0.3) is 32.3 Å². The molecule has 0 aromatic heterocycles. The van der Waals surface area contributed by atoms with E-state index in [-0.39, 0.29) is 5.75 Å². The second-order valence-electron chi connectivity index (χ2n) is 9.78. The molecule has 2 aliphatic heterocycles. The summed E-state index contributed by atoms with van der Waals surface area (Å²) in [6.45, 7) is 0. The summed E-state index contributed by atoms with van der Waals surface area (Å²) in [5.74, 6) is 0.910. The zero-order valence-electron chi connectivity index (χ0n) is 18.6. The molecule has 6 aromatic carbocycles. The molecular formula is C32H18O3. The lowest BCUT2D eigenvalue weighted by molar-refractivity contribution is -0.113. The molecule has 0 bridgehead atoms. The molecule has 0 radical (unpaired) electrons. The Morgan fingerprint density at radius 3 is 2.00 bits per heavy atom. The summed E-state index contributed by atoms with van der Waals surface area (Å²) in [6, 6.07) is 35.4. The van der Waals surface area contributed by atoms with Crippen LogP contribution in [0.1, 0.15) is 22.3 Å². The molecule has 9 rings (SSSR count). The lowest BCUT2D eigenvalue weighted by Gasteiger charge is -2.33. The van der Waals surface area contributed by atoms with Gasteiger partial charge in [0.25, 0.3) is 5.79 Å². The zero-order chi connectivity index (χ0) is 22.9. The highest BCUT2D eigenvalue weighted by Gasteiger charge is 2.74. The van der Waals surface area contributed by atoms with Crippen LogP contribution in [0, 0.1) is 0 Å². The van der Waals surface area contributed by atoms with Crippen molar-refractivity contribution in [3.63, 3.8) is 0 Å². The van der Waals surface area contributed by atoms with Gasteiger partial charge in [-0.1, -0.05) is 78.9 Å². The molecule has 3 nitrogen and oxygen atoms in total. The van der Waals surface area contributed by atoms with Crippen molar-refractivity contribution in [3.05, 3.63) is 125 Å². The quantitative estimate of drug-likeness (QED) is 0.267. The number of hydrogen-bond donors (Lipinski definition) is 1. The Balaban J connectivity index is 1.58. The minimum absolute atomic E-state index is 0.255. The summed E-state index contributed by atoms with van der Waals surface area (Å²) < 4.78 is 14.0. The fraction of sp³-hybridized carbons (Fsp3) is 0.0625. The van der Waals surface area contributed by atoms with Crippen molar-refractivity contribution < 1.29 is 14.6 Å². The average Bonchev–Trinajstić information content (AvgIpc) is 3.43. The fourth-order valence-corrected chi connectivity index (χ4v) is 7.12. The van der Waals surface area contributed by atoms with Crippen LogP contribution in [0.2, 0.25) is 0 Å². The van der Waals surface area contributed by atoms with Crippen LogP contribution in [0.4, 0.5) is 0 Å². The molecule has 3 aliphatic rings. The van der Waals surface area contributed by atoms with Crippen LogP contribution in [0.15, 0.2) is 103 Å². The van der Waals surface area contributed by atoms with Crippen LogP contribution < -0.4 is 9.47 Å². The summed E-state index contributed by atoms with van der Waals surface area (Å²) in [7, 11) is 0. The topological polar surface area (TPSA) is 38.7 Å². The largest absolute Gasteiger partial charge is 0.508 e. The van der Waals surface area contributed by atoms with E-state index in [0.717, 1.165) is 39.0 Å². The number of benzene rings is 6. The predicted molar refractivity (Wildman–Crippen MR) is 136 cm³/mol. The summed E-state index contributed by atoms with van der Waals surface area (Å²) in [4.78, 5) is 0. The maximum absolute atomic E-state index is 10.3. The molecule has 1 N–H and O–H groups in total. The van der Waals surface area contributed by atoms with Gasteiger partial charge >= 0.3 is 0 Å². The number of rotatable bonds is 0. The summed E-state index contributed by atoms with van der Waals surface area (Å²) in [5, 5.41) is 17.0. The molecule has 6 aromatic rings. The van der Waals surface area contributed by atoms with Crippen molar-refractivity contribution in [2.75, 3.05) is 0 Å². The Kier molecular flexibility index (Phi) is 2.86. The van der Waals surface area contributed by atoms with Crippen LogP contribution in [0.5, 0.6) is 17.2 Å². The molecule has 0 saturated carbocycles. The van der Waals surface area contributed by atoms with E-state index in [1.165, 1.54) is 27.1 Å². The van der Waals surface area contributed by atoms with Gasteiger partial charge in [-0.2, -0.15) is 0 Å².